The highest BCUT2D eigenvalue weighted by Gasteiger charge is 2.20. The Labute approximate surface area is 78.2 Å². The van der Waals surface area contributed by atoms with Crippen LogP contribution in [0.4, 0.5) is 5.69 Å². The van der Waals surface area contributed by atoms with E-state index in [9.17, 15) is 4.79 Å². The van der Waals surface area contributed by atoms with Gasteiger partial charge in [0.1, 0.15) is 11.4 Å². The van der Waals surface area contributed by atoms with Gasteiger partial charge in [-0.1, -0.05) is 0 Å². The van der Waals surface area contributed by atoms with Gasteiger partial charge in [0.25, 0.3) is 5.91 Å². The van der Waals surface area contributed by atoms with E-state index in [1.807, 2.05) is 0 Å². The Balaban J connectivity index is 2.29. The molecule has 0 aromatic carbocycles. The lowest BCUT2D eigenvalue weighted by Crippen LogP contribution is -2.46. The number of carbonyl (C=O) groups excluding carboxylic acids is 1. The zero-order valence-electron chi connectivity index (χ0n) is 6.96. The van der Waals surface area contributed by atoms with E-state index < -0.39 is 0 Å². The summed E-state index contributed by atoms with van der Waals surface area (Å²) in [4.78, 5) is 14.3. The van der Waals surface area contributed by atoms with E-state index in [1.165, 1.54) is 0 Å². The van der Waals surface area contributed by atoms with E-state index >= 15 is 0 Å². The van der Waals surface area contributed by atoms with Crippen molar-refractivity contribution in [3.05, 3.63) is 18.0 Å². The molecule has 14 heavy (non-hydrogen) atoms. The second kappa shape index (κ2) is 2.42. The number of H-pyrrole nitrogens is 1. The van der Waals surface area contributed by atoms with Crippen LogP contribution in [-0.4, -0.2) is 21.1 Å². The molecule has 0 aromatic rings. The van der Waals surface area contributed by atoms with Crippen LogP contribution in [0.3, 0.4) is 0 Å². The molecule has 7 heteroatoms. The third-order valence-electron chi connectivity index (χ3n) is 2.04. The van der Waals surface area contributed by atoms with Gasteiger partial charge in [0.2, 0.25) is 0 Å². The second-order valence-electron chi connectivity index (χ2n) is 2.91. The molecule has 1 amide bonds. The maximum absolute atomic E-state index is 11.4. The van der Waals surface area contributed by atoms with Crippen molar-refractivity contribution in [1.82, 2.24) is 26.1 Å². The first-order valence-electron chi connectivity index (χ1n) is 4.00. The Kier molecular flexibility index (Phi) is 1.26. The fourth-order valence-corrected chi connectivity index (χ4v) is 1.38. The molecule has 0 unspecified atom stereocenters. The van der Waals surface area contributed by atoms with Gasteiger partial charge < -0.3 is 10.4 Å². The minimum absolute atomic E-state index is 0.221. The molecule has 0 bridgehead atoms. The number of hydrazine groups is 2. The molecule has 0 aliphatic carbocycles. The van der Waals surface area contributed by atoms with E-state index in [4.69, 9.17) is 0 Å². The second-order valence-corrected chi connectivity index (χ2v) is 2.91. The average Bonchev–Trinajstić information content (AvgIpc) is 2.62. The van der Waals surface area contributed by atoms with Gasteiger partial charge in [0.15, 0.2) is 0 Å². The molecule has 0 saturated heterocycles. The lowest BCUT2D eigenvalue weighted by molar-refractivity contribution is 0.0926. The predicted octanol–water partition coefficient (Wildman–Crippen LogP) is -0.516. The third-order valence-corrected chi connectivity index (χ3v) is 2.04. The molecule has 0 atom stereocenters. The molecule has 0 aromatic heterocycles. The SMILES string of the molecule is O=C1NNNc2cc3nncc-3[nH]c21. The molecule has 3 rings (SSSR count). The van der Waals surface area contributed by atoms with Gasteiger partial charge in [0, 0.05) is 0 Å². The highest BCUT2D eigenvalue weighted by molar-refractivity contribution is 5.99. The van der Waals surface area contributed by atoms with Crippen LogP contribution in [0.1, 0.15) is 10.5 Å². The number of aromatic amines is 1. The smallest absolute Gasteiger partial charge is 0.285 e. The molecule has 3 heterocycles. The summed E-state index contributed by atoms with van der Waals surface area (Å²) in [5.41, 5.74) is 10.3. The summed E-state index contributed by atoms with van der Waals surface area (Å²) in [5, 5.41) is 7.61. The monoisotopic (exact) mass is 190 g/mol. The number of aromatic nitrogens is 3. The molecular weight excluding hydrogens is 184 g/mol. The summed E-state index contributed by atoms with van der Waals surface area (Å²) < 4.78 is 0. The topological polar surface area (TPSA) is 94.7 Å². The van der Waals surface area contributed by atoms with E-state index in [0.717, 1.165) is 5.69 Å². The van der Waals surface area contributed by atoms with Crippen molar-refractivity contribution in [1.29, 1.82) is 0 Å². The van der Waals surface area contributed by atoms with Crippen LogP contribution in [-0.2, 0) is 0 Å². The average molecular weight is 190 g/mol. The van der Waals surface area contributed by atoms with Crippen molar-refractivity contribution in [3.8, 4) is 11.4 Å². The van der Waals surface area contributed by atoms with Gasteiger partial charge in [-0.2, -0.15) is 5.10 Å². The van der Waals surface area contributed by atoms with Crippen LogP contribution < -0.4 is 16.4 Å². The quantitative estimate of drug-likeness (QED) is 0.448. The number of rotatable bonds is 0. The minimum Gasteiger partial charge on any atom is -0.346 e. The summed E-state index contributed by atoms with van der Waals surface area (Å²) in [7, 11) is 0. The number of hydrogen-bond acceptors (Lipinski definition) is 5. The number of nitrogens with one attached hydrogen (secondary N) is 4. The molecule has 70 valence electrons. The first-order chi connectivity index (χ1) is 6.84. The highest BCUT2D eigenvalue weighted by Crippen LogP contribution is 2.24. The molecule has 0 spiro atoms. The molecule has 7 nitrogen and oxygen atoms in total. The Morgan fingerprint density at radius 1 is 1.29 bits per heavy atom. The van der Waals surface area contributed by atoms with Gasteiger partial charge in [-0.3, -0.25) is 10.2 Å². The summed E-state index contributed by atoms with van der Waals surface area (Å²) in [6, 6.07) is 1.75. The molecule has 0 saturated carbocycles. The fraction of sp³-hybridized carbons (Fsp3) is 0. The Hall–Kier alpha value is -2.15. The van der Waals surface area contributed by atoms with E-state index in [2.05, 4.69) is 31.6 Å². The van der Waals surface area contributed by atoms with Gasteiger partial charge in [-0.05, 0) is 6.07 Å². The Bertz CT molecular complexity index is 477. The van der Waals surface area contributed by atoms with Gasteiger partial charge in [-0.25, -0.2) is 0 Å². The van der Waals surface area contributed by atoms with Crippen molar-refractivity contribution < 1.29 is 4.79 Å². The van der Waals surface area contributed by atoms with E-state index in [0.29, 0.717) is 17.1 Å². The van der Waals surface area contributed by atoms with Crippen LogP contribution in [0.5, 0.6) is 0 Å². The van der Waals surface area contributed by atoms with Crippen molar-refractivity contribution in [3.63, 3.8) is 0 Å². The number of fused-ring (bicyclic) bond motifs is 2. The summed E-state index contributed by atoms with van der Waals surface area (Å²) in [6.07, 6.45) is 1.57. The first kappa shape index (κ1) is 7.27. The minimum atomic E-state index is -0.221. The van der Waals surface area contributed by atoms with Crippen LogP contribution in [0.25, 0.3) is 11.4 Å². The van der Waals surface area contributed by atoms with Gasteiger partial charge in [0.05, 0.1) is 17.6 Å². The van der Waals surface area contributed by atoms with Crippen LogP contribution >= 0.6 is 0 Å². The van der Waals surface area contributed by atoms with Crippen LogP contribution in [0, 0.1) is 0 Å². The number of anilines is 1. The predicted molar refractivity (Wildman–Crippen MR) is 47.2 cm³/mol. The summed E-state index contributed by atoms with van der Waals surface area (Å²) in [6.45, 7) is 0. The molecule has 3 aliphatic heterocycles. The number of carbonyl (C=O) groups is 1. The number of hydrogen-bond donors (Lipinski definition) is 4. The standard InChI is InChI=1S/C7H6N6O/c14-7-6-4(11-13-12-7)1-3-5(9-6)2-8-10-3/h1-2,9,11,13H,(H,12,14). The lowest BCUT2D eigenvalue weighted by atomic mass is 10.2. The summed E-state index contributed by atoms with van der Waals surface area (Å²) in [5.74, 6) is -0.221. The largest absolute Gasteiger partial charge is 0.346 e. The number of amides is 1. The van der Waals surface area contributed by atoms with E-state index in [1.54, 1.807) is 12.3 Å². The normalized spacial score (nSPS) is 14.7. The van der Waals surface area contributed by atoms with Crippen molar-refractivity contribution in [2.24, 2.45) is 0 Å². The number of pyridine rings is 1. The molecule has 3 aliphatic rings. The van der Waals surface area contributed by atoms with E-state index in [-0.39, 0.29) is 5.91 Å². The third kappa shape index (κ3) is 0.866. The zero-order valence-corrected chi connectivity index (χ0v) is 6.96. The summed E-state index contributed by atoms with van der Waals surface area (Å²) >= 11 is 0. The van der Waals surface area contributed by atoms with Crippen LogP contribution in [0.2, 0.25) is 0 Å². The van der Waals surface area contributed by atoms with Crippen molar-refractivity contribution in [2.45, 2.75) is 0 Å². The van der Waals surface area contributed by atoms with Crippen molar-refractivity contribution >= 4 is 11.6 Å². The maximum atomic E-state index is 11.4. The Morgan fingerprint density at radius 3 is 3.14 bits per heavy atom. The van der Waals surface area contributed by atoms with Gasteiger partial charge >= 0.3 is 0 Å². The fourth-order valence-electron chi connectivity index (χ4n) is 1.38. The van der Waals surface area contributed by atoms with Crippen molar-refractivity contribution in [2.75, 3.05) is 5.43 Å². The Morgan fingerprint density at radius 2 is 2.21 bits per heavy atom. The molecule has 0 radical (unpaired) electrons. The maximum Gasteiger partial charge on any atom is 0.285 e. The molecule has 4 N–H and O–H groups in total. The first-order valence-corrected chi connectivity index (χ1v) is 4.00. The number of nitrogens with zero attached hydrogens (tertiary/aromatic N) is 2. The van der Waals surface area contributed by atoms with Crippen LogP contribution in [0.15, 0.2) is 12.3 Å². The molecule has 0 fully saturated rings. The lowest BCUT2D eigenvalue weighted by Gasteiger charge is -2.19. The molecular formula is C7H6N6O. The zero-order chi connectivity index (χ0) is 9.54. The highest BCUT2D eigenvalue weighted by atomic mass is 16.2. The van der Waals surface area contributed by atoms with Gasteiger partial charge in [-0.15, -0.1) is 10.6 Å².